The number of carbonyl (C=O) groups excluding carboxylic acids is 1. The van der Waals surface area contributed by atoms with Crippen LogP contribution in [0.2, 0.25) is 0 Å². The van der Waals surface area contributed by atoms with E-state index in [2.05, 4.69) is 16.3 Å². The van der Waals surface area contributed by atoms with Crippen molar-refractivity contribution in [3.63, 3.8) is 0 Å². The molecule has 0 aromatic heterocycles. The minimum Gasteiger partial charge on any atom is -0.371 e. The largest absolute Gasteiger partial charge is 0.371 e. The van der Waals surface area contributed by atoms with Gasteiger partial charge in [-0.2, -0.15) is 0 Å². The number of rotatable bonds is 6. The Bertz CT molecular complexity index is 603. The number of benzene rings is 1. The molecule has 0 atom stereocenters. The van der Waals surface area contributed by atoms with E-state index in [1.165, 1.54) is 44.7 Å². The second kappa shape index (κ2) is 9.74. The fourth-order valence-corrected chi connectivity index (χ4v) is 4.17. The number of carbonyl (C=O) groups is 1. The number of amides is 1. The van der Waals surface area contributed by atoms with Gasteiger partial charge in [0.15, 0.2) is 0 Å². The number of para-hydroxylation sites is 1. The van der Waals surface area contributed by atoms with Crippen LogP contribution in [0, 0.1) is 5.92 Å². The van der Waals surface area contributed by atoms with Crippen LogP contribution >= 0.6 is 0 Å². The molecule has 2 aliphatic rings. The van der Waals surface area contributed by atoms with Crippen LogP contribution in [0.5, 0.6) is 0 Å². The molecular formula is C21H31N3O2. The number of nitrogens with one attached hydrogen (secondary N) is 2. The van der Waals surface area contributed by atoms with E-state index in [1.807, 2.05) is 18.2 Å². The Morgan fingerprint density at radius 3 is 2.58 bits per heavy atom. The van der Waals surface area contributed by atoms with E-state index in [1.54, 1.807) is 11.6 Å². The lowest BCUT2D eigenvalue weighted by Crippen LogP contribution is -2.44. The first-order valence-electron chi connectivity index (χ1n) is 9.96. The molecule has 1 amide bonds. The smallest absolute Gasteiger partial charge is 0.267 e. The summed E-state index contributed by atoms with van der Waals surface area (Å²) in [6.45, 7) is 3.24. The normalized spacial score (nSPS) is 19.8. The topological polar surface area (TPSA) is 64.6 Å². The molecule has 5 nitrogen and oxygen atoms in total. The molecule has 1 heterocycles. The van der Waals surface area contributed by atoms with E-state index in [0.29, 0.717) is 6.04 Å². The maximum Gasteiger partial charge on any atom is 0.267 e. The molecule has 2 fully saturated rings. The van der Waals surface area contributed by atoms with Crippen LogP contribution in [0.3, 0.4) is 0 Å². The third-order valence-electron chi connectivity index (χ3n) is 5.72. The van der Waals surface area contributed by atoms with Crippen molar-refractivity contribution < 1.29 is 10.0 Å². The molecule has 0 radical (unpaired) electrons. The molecule has 1 saturated carbocycles. The highest BCUT2D eigenvalue weighted by Gasteiger charge is 2.21. The van der Waals surface area contributed by atoms with Crippen molar-refractivity contribution in [1.82, 2.24) is 10.8 Å². The third kappa shape index (κ3) is 5.32. The second-order valence-electron chi connectivity index (χ2n) is 7.54. The molecule has 1 aromatic rings. The molecule has 1 aliphatic carbocycles. The Morgan fingerprint density at radius 2 is 1.85 bits per heavy atom. The standard InChI is InChI=1S/C21H31N3O2/c25-21(23-26)11-10-18-8-4-5-9-20(18)24-14-12-19(13-15-24)22-16-17-6-2-1-3-7-17/h4-5,8-11,17,19,22,26H,1-3,6-7,12-16H2,(H,23,25)/b11-10+. The highest BCUT2D eigenvalue weighted by atomic mass is 16.5. The number of anilines is 1. The van der Waals surface area contributed by atoms with Gasteiger partial charge in [0, 0.05) is 30.9 Å². The molecule has 0 unspecified atom stereocenters. The van der Waals surface area contributed by atoms with Gasteiger partial charge < -0.3 is 10.2 Å². The van der Waals surface area contributed by atoms with Crippen molar-refractivity contribution in [2.45, 2.75) is 51.0 Å². The Morgan fingerprint density at radius 1 is 1.12 bits per heavy atom. The lowest BCUT2D eigenvalue weighted by molar-refractivity contribution is -0.124. The van der Waals surface area contributed by atoms with Gasteiger partial charge in [-0.15, -0.1) is 0 Å². The monoisotopic (exact) mass is 357 g/mol. The van der Waals surface area contributed by atoms with Gasteiger partial charge in [0.05, 0.1) is 0 Å². The Hall–Kier alpha value is -1.85. The van der Waals surface area contributed by atoms with E-state index in [-0.39, 0.29) is 0 Å². The van der Waals surface area contributed by atoms with Gasteiger partial charge in [-0.25, -0.2) is 5.48 Å². The van der Waals surface area contributed by atoms with Gasteiger partial charge in [0.25, 0.3) is 5.91 Å². The summed E-state index contributed by atoms with van der Waals surface area (Å²) in [5.41, 5.74) is 3.79. The maximum absolute atomic E-state index is 11.2. The van der Waals surface area contributed by atoms with Gasteiger partial charge in [-0.3, -0.25) is 10.0 Å². The minimum absolute atomic E-state index is 0.509. The Kier molecular flexibility index (Phi) is 7.09. The van der Waals surface area contributed by atoms with Gasteiger partial charge in [-0.05, 0) is 55.9 Å². The number of hydrogen-bond acceptors (Lipinski definition) is 4. The fraction of sp³-hybridized carbons (Fsp3) is 0.571. The zero-order valence-electron chi connectivity index (χ0n) is 15.5. The van der Waals surface area contributed by atoms with Crippen molar-refractivity contribution >= 4 is 17.7 Å². The second-order valence-corrected chi connectivity index (χ2v) is 7.54. The first-order chi connectivity index (χ1) is 12.8. The van der Waals surface area contributed by atoms with E-state index in [9.17, 15) is 4.79 Å². The van der Waals surface area contributed by atoms with Crippen LogP contribution in [0.4, 0.5) is 5.69 Å². The van der Waals surface area contributed by atoms with Gasteiger partial charge in [0.2, 0.25) is 0 Å². The molecule has 26 heavy (non-hydrogen) atoms. The van der Waals surface area contributed by atoms with E-state index >= 15 is 0 Å². The van der Waals surface area contributed by atoms with Crippen molar-refractivity contribution in [3.8, 4) is 0 Å². The summed E-state index contributed by atoms with van der Waals surface area (Å²) in [6, 6.07) is 8.73. The number of hydrogen-bond donors (Lipinski definition) is 3. The van der Waals surface area contributed by atoms with Crippen molar-refractivity contribution in [3.05, 3.63) is 35.9 Å². The molecule has 3 rings (SSSR count). The Labute approximate surface area is 156 Å². The summed E-state index contributed by atoms with van der Waals surface area (Å²) in [7, 11) is 0. The zero-order valence-corrected chi connectivity index (χ0v) is 15.5. The van der Waals surface area contributed by atoms with E-state index in [4.69, 9.17) is 5.21 Å². The van der Waals surface area contributed by atoms with Crippen molar-refractivity contribution in [2.75, 3.05) is 24.5 Å². The molecule has 0 spiro atoms. The molecule has 1 saturated heterocycles. The molecule has 5 heteroatoms. The lowest BCUT2D eigenvalue weighted by atomic mass is 9.89. The SMILES string of the molecule is O=C(/C=C/c1ccccc1N1CCC(NCC2CCCCC2)CC1)NO. The quantitative estimate of drug-likeness (QED) is 0.415. The van der Waals surface area contributed by atoms with Crippen LogP contribution in [0.25, 0.3) is 6.08 Å². The number of nitrogens with zero attached hydrogens (tertiary/aromatic N) is 1. The van der Waals surface area contributed by atoms with Crippen molar-refractivity contribution in [1.29, 1.82) is 0 Å². The van der Waals surface area contributed by atoms with Crippen LogP contribution in [0.15, 0.2) is 30.3 Å². The summed E-state index contributed by atoms with van der Waals surface area (Å²) in [5.74, 6) is 0.371. The van der Waals surface area contributed by atoms with E-state index in [0.717, 1.165) is 43.1 Å². The number of hydroxylamine groups is 1. The lowest BCUT2D eigenvalue weighted by Gasteiger charge is -2.35. The Balaban J connectivity index is 1.51. The van der Waals surface area contributed by atoms with Gasteiger partial charge >= 0.3 is 0 Å². The summed E-state index contributed by atoms with van der Waals surface area (Å²) < 4.78 is 0. The van der Waals surface area contributed by atoms with Crippen LogP contribution in [-0.4, -0.2) is 36.8 Å². The average molecular weight is 357 g/mol. The predicted molar refractivity (Wildman–Crippen MR) is 105 cm³/mol. The summed E-state index contributed by atoms with van der Waals surface area (Å²) in [5, 5.41) is 12.4. The van der Waals surface area contributed by atoms with E-state index < -0.39 is 5.91 Å². The highest BCUT2D eigenvalue weighted by Crippen LogP contribution is 2.26. The van der Waals surface area contributed by atoms with Crippen LogP contribution < -0.4 is 15.7 Å². The average Bonchev–Trinajstić information content (AvgIpc) is 2.72. The summed E-state index contributed by atoms with van der Waals surface area (Å²) >= 11 is 0. The molecule has 1 aromatic carbocycles. The molecule has 142 valence electrons. The van der Waals surface area contributed by atoms with Crippen LogP contribution in [-0.2, 0) is 4.79 Å². The fourth-order valence-electron chi connectivity index (χ4n) is 4.17. The summed E-state index contributed by atoms with van der Waals surface area (Å²) in [6.07, 6.45) is 12.4. The molecule has 0 bridgehead atoms. The maximum atomic E-state index is 11.2. The number of piperidine rings is 1. The first kappa shape index (κ1) is 18.9. The highest BCUT2D eigenvalue weighted by molar-refractivity contribution is 5.91. The third-order valence-corrected chi connectivity index (χ3v) is 5.72. The van der Waals surface area contributed by atoms with Crippen LogP contribution in [0.1, 0.15) is 50.5 Å². The minimum atomic E-state index is -0.509. The first-order valence-corrected chi connectivity index (χ1v) is 9.96. The predicted octanol–water partition coefficient (Wildman–Crippen LogP) is 3.34. The zero-order chi connectivity index (χ0) is 18.2. The van der Waals surface area contributed by atoms with Gasteiger partial charge in [-0.1, -0.05) is 37.5 Å². The molecular weight excluding hydrogens is 326 g/mol. The molecule has 3 N–H and O–H groups in total. The summed E-state index contributed by atoms with van der Waals surface area (Å²) in [4.78, 5) is 13.6. The van der Waals surface area contributed by atoms with Crippen molar-refractivity contribution in [2.24, 2.45) is 5.92 Å². The molecule has 1 aliphatic heterocycles. The van der Waals surface area contributed by atoms with Gasteiger partial charge in [0.1, 0.15) is 0 Å².